The molecule has 1 aliphatic heterocycles. The van der Waals surface area contributed by atoms with Gasteiger partial charge < -0.3 is 15.5 Å². The third-order valence-electron chi connectivity index (χ3n) is 5.34. The number of benzene rings is 2. The number of aryl methyl sites for hydroxylation is 1. The summed E-state index contributed by atoms with van der Waals surface area (Å²) in [6.07, 6.45) is 4.10. The van der Waals surface area contributed by atoms with E-state index in [1.165, 1.54) is 18.5 Å². The van der Waals surface area contributed by atoms with Gasteiger partial charge >= 0.3 is 0 Å². The van der Waals surface area contributed by atoms with Gasteiger partial charge in [-0.05, 0) is 74.2 Å². The van der Waals surface area contributed by atoms with Crippen LogP contribution in [-0.2, 0) is 0 Å². The van der Waals surface area contributed by atoms with Crippen molar-refractivity contribution in [3.05, 3.63) is 71.5 Å². The van der Waals surface area contributed by atoms with Crippen LogP contribution in [0.2, 0.25) is 0 Å². The van der Waals surface area contributed by atoms with E-state index < -0.39 is 0 Å². The number of nitrogens with one attached hydrogen (secondary N) is 2. The predicted molar refractivity (Wildman–Crippen MR) is 117 cm³/mol. The number of hydrogen-bond donors (Lipinski definition) is 2. The number of carbonyl (C=O) groups excluding carboxylic acids is 1. The highest BCUT2D eigenvalue weighted by Crippen LogP contribution is 2.23. The highest BCUT2D eigenvalue weighted by Gasteiger charge is 2.13. The summed E-state index contributed by atoms with van der Waals surface area (Å²) < 4.78 is 0. The zero-order chi connectivity index (χ0) is 20.2. The normalized spacial score (nSPS) is 13.4. The molecular formula is C23H25N5O. The zero-order valence-electron chi connectivity index (χ0n) is 16.8. The summed E-state index contributed by atoms with van der Waals surface area (Å²) in [6, 6.07) is 15.7. The molecule has 2 N–H and O–H groups in total. The fraction of sp³-hybridized carbons (Fsp3) is 0.261. The summed E-state index contributed by atoms with van der Waals surface area (Å²) in [4.78, 5) is 23.6. The van der Waals surface area contributed by atoms with E-state index in [0.717, 1.165) is 35.6 Å². The molecule has 6 heteroatoms. The Morgan fingerprint density at radius 1 is 1.00 bits per heavy atom. The number of anilines is 4. The monoisotopic (exact) mass is 387 g/mol. The highest BCUT2D eigenvalue weighted by molar-refractivity contribution is 6.03. The molecule has 0 radical (unpaired) electrons. The lowest BCUT2D eigenvalue weighted by atomic mass is 10.1. The van der Waals surface area contributed by atoms with Crippen LogP contribution in [0.5, 0.6) is 0 Å². The average Bonchev–Trinajstić information content (AvgIpc) is 3.27. The van der Waals surface area contributed by atoms with Crippen LogP contribution >= 0.6 is 0 Å². The van der Waals surface area contributed by atoms with Gasteiger partial charge in [0, 0.05) is 36.3 Å². The van der Waals surface area contributed by atoms with Crippen molar-refractivity contribution in [1.29, 1.82) is 0 Å². The molecule has 148 valence electrons. The molecule has 1 saturated heterocycles. The van der Waals surface area contributed by atoms with E-state index in [2.05, 4.69) is 37.6 Å². The Balaban J connectivity index is 1.45. The largest absolute Gasteiger partial charge is 0.372 e. The first-order chi connectivity index (χ1) is 14.1. The summed E-state index contributed by atoms with van der Waals surface area (Å²) in [7, 11) is 0. The van der Waals surface area contributed by atoms with Gasteiger partial charge in [-0.15, -0.1) is 0 Å². The van der Waals surface area contributed by atoms with Crippen molar-refractivity contribution in [3.63, 3.8) is 0 Å². The van der Waals surface area contributed by atoms with E-state index in [1.54, 1.807) is 12.3 Å². The molecule has 0 aliphatic carbocycles. The van der Waals surface area contributed by atoms with Gasteiger partial charge in [0.05, 0.1) is 0 Å². The molecule has 0 unspecified atom stereocenters. The fourth-order valence-corrected chi connectivity index (χ4v) is 3.48. The molecule has 1 fully saturated rings. The van der Waals surface area contributed by atoms with Gasteiger partial charge in [0.1, 0.15) is 5.69 Å². The SMILES string of the molecule is Cc1cccc(NC(=O)c2ccnc(Nc3ccc(N4CCCC4)cc3)n2)c1C. The van der Waals surface area contributed by atoms with Crippen LogP contribution < -0.4 is 15.5 Å². The van der Waals surface area contributed by atoms with E-state index in [1.807, 2.05) is 44.2 Å². The number of nitrogens with zero attached hydrogens (tertiary/aromatic N) is 3. The minimum Gasteiger partial charge on any atom is -0.372 e. The predicted octanol–water partition coefficient (Wildman–Crippen LogP) is 4.69. The molecule has 0 saturated carbocycles. The van der Waals surface area contributed by atoms with E-state index >= 15 is 0 Å². The molecular weight excluding hydrogens is 362 g/mol. The van der Waals surface area contributed by atoms with Crippen molar-refractivity contribution in [2.75, 3.05) is 28.6 Å². The van der Waals surface area contributed by atoms with Gasteiger partial charge in [-0.2, -0.15) is 0 Å². The lowest BCUT2D eigenvalue weighted by Crippen LogP contribution is -2.17. The molecule has 0 bridgehead atoms. The van der Waals surface area contributed by atoms with Gasteiger partial charge in [0.15, 0.2) is 0 Å². The van der Waals surface area contributed by atoms with Gasteiger partial charge in [0.25, 0.3) is 5.91 Å². The standard InChI is InChI=1S/C23H25N5O/c1-16-6-5-7-20(17(16)2)26-22(29)21-12-13-24-23(27-21)25-18-8-10-19(11-9-18)28-14-3-4-15-28/h5-13H,3-4,14-15H2,1-2H3,(H,26,29)(H,24,25,27). The maximum atomic E-state index is 12.6. The fourth-order valence-electron chi connectivity index (χ4n) is 3.48. The first-order valence-electron chi connectivity index (χ1n) is 9.93. The molecule has 29 heavy (non-hydrogen) atoms. The third kappa shape index (κ3) is 4.37. The first-order valence-corrected chi connectivity index (χ1v) is 9.93. The lowest BCUT2D eigenvalue weighted by molar-refractivity contribution is 0.102. The van der Waals surface area contributed by atoms with Gasteiger partial charge in [-0.1, -0.05) is 12.1 Å². The molecule has 3 aromatic rings. The molecule has 1 aliphatic rings. The van der Waals surface area contributed by atoms with E-state index in [-0.39, 0.29) is 5.91 Å². The Labute approximate surface area is 171 Å². The van der Waals surface area contributed by atoms with Crippen molar-refractivity contribution in [1.82, 2.24) is 9.97 Å². The van der Waals surface area contributed by atoms with Crippen molar-refractivity contribution >= 4 is 28.9 Å². The molecule has 0 spiro atoms. The molecule has 0 atom stereocenters. The van der Waals surface area contributed by atoms with E-state index in [0.29, 0.717) is 11.6 Å². The van der Waals surface area contributed by atoms with Gasteiger partial charge in [0.2, 0.25) is 5.95 Å². The second kappa shape index (κ2) is 8.31. The van der Waals surface area contributed by atoms with Gasteiger partial charge in [-0.3, -0.25) is 4.79 Å². The maximum Gasteiger partial charge on any atom is 0.274 e. The van der Waals surface area contributed by atoms with E-state index in [9.17, 15) is 4.79 Å². The van der Waals surface area contributed by atoms with Crippen LogP contribution in [0.1, 0.15) is 34.5 Å². The van der Waals surface area contributed by atoms with Crippen LogP contribution in [0, 0.1) is 13.8 Å². The van der Waals surface area contributed by atoms with Crippen molar-refractivity contribution in [2.45, 2.75) is 26.7 Å². The Morgan fingerprint density at radius 2 is 1.76 bits per heavy atom. The molecule has 1 aromatic heterocycles. The Morgan fingerprint density at radius 3 is 2.52 bits per heavy atom. The lowest BCUT2D eigenvalue weighted by Gasteiger charge is -2.17. The van der Waals surface area contributed by atoms with Crippen LogP contribution in [0.3, 0.4) is 0 Å². The number of carbonyl (C=O) groups is 1. The second-order valence-electron chi connectivity index (χ2n) is 7.33. The van der Waals surface area contributed by atoms with Crippen molar-refractivity contribution < 1.29 is 4.79 Å². The average molecular weight is 387 g/mol. The highest BCUT2D eigenvalue weighted by atomic mass is 16.1. The topological polar surface area (TPSA) is 70.2 Å². The number of amides is 1. The molecule has 6 nitrogen and oxygen atoms in total. The van der Waals surface area contributed by atoms with E-state index in [4.69, 9.17) is 0 Å². The quantitative estimate of drug-likeness (QED) is 0.665. The summed E-state index contributed by atoms with van der Waals surface area (Å²) in [5, 5.41) is 6.12. The molecule has 1 amide bonds. The van der Waals surface area contributed by atoms with Crippen LogP contribution in [0.4, 0.5) is 23.0 Å². The Kier molecular flexibility index (Phi) is 5.42. The Bertz CT molecular complexity index is 1010. The maximum absolute atomic E-state index is 12.6. The number of hydrogen-bond acceptors (Lipinski definition) is 5. The van der Waals surface area contributed by atoms with Crippen LogP contribution in [0.15, 0.2) is 54.7 Å². The van der Waals surface area contributed by atoms with Gasteiger partial charge in [-0.25, -0.2) is 9.97 Å². The Hall–Kier alpha value is -3.41. The number of aromatic nitrogens is 2. The van der Waals surface area contributed by atoms with Crippen LogP contribution in [-0.4, -0.2) is 29.0 Å². The van der Waals surface area contributed by atoms with Crippen molar-refractivity contribution in [3.8, 4) is 0 Å². The minimum absolute atomic E-state index is 0.256. The smallest absolute Gasteiger partial charge is 0.274 e. The molecule has 2 aromatic carbocycles. The summed E-state index contributed by atoms with van der Waals surface area (Å²) in [5.74, 6) is 0.140. The van der Waals surface area contributed by atoms with Crippen LogP contribution in [0.25, 0.3) is 0 Å². The first kappa shape index (κ1) is 18.9. The summed E-state index contributed by atoms with van der Waals surface area (Å²) in [6.45, 7) is 6.25. The van der Waals surface area contributed by atoms with Crippen molar-refractivity contribution in [2.24, 2.45) is 0 Å². The third-order valence-corrected chi connectivity index (χ3v) is 5.34. The molecule has 2 heterocycles. The molecule has 4 rings (SSSR count). The summed E-state index contributed by atoms with van der Waals surface area (Å²) in [5.41, 5.74) is 5.41. The zero-order valence-corrected chi connectivity index (χ0v) is 16.8. The minimum atomic E-state index is -0.256. The summed E-state index contributed by atoms with van der Waals surface area (Å²) >= 11 is 0. The second-order valence-corrected chi connectivity index (χ2v) is 7.33. The number of rotatable bonds is 5.